The van der Waals surface area contributed by atoms with Crippen LogP contribution in [0.15, 0.2) is 27.4 Å². The summed E-state index contributed by atoms with van der Waals surface area (Å²) in [6, 6.07) is 0. The lowest BCUT2D eigenvalue weighted by atomic mass is 10.1. The van der Waals surface area contributed by atoms with Crippen LogP contribution in [0.5, 0.6) is 0 Å². The highest BCUT2D eigenvalue weighted by molar-refractivity contribution is 5.89. The molecule has 0 bridgehead atoms. The summed E-state index contributed by atoms with van der Waals surface area (Å²) in [6.07, 6.45) is 2.28. The van der Waals surface area contributed by atoms with Crippen LogP contribution in [0.2, 0.25) is 0 Å². The van der Waals surface area contributed by atoms with Crippen molar-refractivity contribution in [1.82, 2.24) is 0 Å². The third-order valence-corrected chi connectivity index (χ3v) is 2.58. The Balaban J connectivity index is 2.41. The Morgan fingerprint density at radius 3 is 2.45 bits per heavy atom. The van der Waals surface area contributed by atoms with Gasteiger partial charge >= 0.3 is 0 Å². The summed E-state index contributed by atoms with van der Waals surface area (Å²) in [5.41, 5.74) is 7.03. The predicted molar refractivity (Wildman–Crippen MR) is 47.7 cm³/mol. The maximum atomic E-state index is 4.52. The first-order valence-electron chi connectivity index (χ1n) is 4.11. The molecular formula is C10H13N. The minimum atomic E-state index is 1.12. The van der Waals surface area contributed by atoms with Gasteiger partial charge < -0.3 is 0 Å². The van der Waals surface area contributed by atoms with Gasteiger partial charge in [-0.3, -0.25) is 4.99 Å². The molecule has 1 heteroatoms. The van der Waals surface area contributed by atoms with Crippen molar-refractivity contribution in [3.63, 3.8) is 0 Å². The van der Waals surface area contributed by atoms with Crippen LogP contribution < -0.4 is 0 Å². The molecule has 0 atom stereocenters. The Hall–Kier alpha value is -0.850. The van der Waals surface area contributed by atoms with Crippen LogP contribution in [0.4, 0.5) is 0 Å². The largest absolute Gasteiger partial charge is 0.258 e. The Morgan fingerprint density at radius 1 is 1.09 bits per heavy atom. The zero-order chi connectivity index (χ0) is 8.01. The quantitative estimate of drug-likeness (QED) is 0.499. The number of aliphatic imine (C=N–C) groups is 1. The van der Waals surface area contributed by atoms with Crippen LogP contribution in [0.1, 0.15) is 33.6 Å². The molecule has 0 spiro atoms. The molecule has 2 aliphatic rings. The summed E-state index contributed by atoms with van der Waals surface area (Å²) in [5.74, 6) is 0. The number of hydrogen-bond acceptors (Lipinski definition) is 1. The summed E-state index contributed by atoms with van der Waals surface area (Å²) in [6.45, 7) is 6.50. The molecule has 0 unspecified atom stereocenters. The minimum absolute atomic E-state index is 1.12. The summed E-state index contributed by atoms with van der Waals surface area (Å²) < 4.78 is 0. The van der Waals surface area contributed by atoms with Gasteiger partial charge in [0.25, 0.3) is 0 Å². The lowest BCUT2D eigenvalue weighted by Gasteiger charge is -1.97. The fourth-order valence-electron chi connectivity index (χ4n) is 1.85. The van der Waals surface area contributed by atoms with Crippen LogP contribution in [0.25, 0.3) is 0 Å². The first-order chi connectivity index (χ1) is 5.18. The van der Waals surface area contributed by atoms with Crippen LogP contribution in [0.3, 0.4) is 0 Å². The molecule has 1 heterocycles. The van der Waals surface area contributed by atoms with E-state index in [0.717, 1.165) is 6.42 Å². The normalized spacial score (nSPS) is 23.0. The molecule has 0 aromatic heterocycles. The molecule has 58 valence electrons. The van der Waals surface area contributed by atoms with E-state index in [2.05, 4.69) is 25.8 Å². The number of nitrogens with zero attached hydrogens (tertiary/aromatic N) is 1. The minimum Gasteiger partial charge on any atom is -0.258 e. The van der Waals surface area contributed by atoms with Gasteiger partial charge in [-0.2, -0.15) is 0 Å². The van der Waals surface area contributed by atoms with Crippen molar-refractivity contribution >= 4 is 5.71 Å². The molecule has 0 fully saturated rings. The smallest absolute Gasteiger partial charge is 0.0656 e. The van der Waals surface area contributed by atoms with E-state index in [4.69, 9.17) is 0 Å². The topological polar surface area (TPSA) is 12.4 Å². The van der Waals surface area contributed by atoms with Crippen LogP contribution >= 0.6 is 0 Å². The fraction of sp³-hybridized carbons (Fsp3) is 0.500. The van der Waals surface area contributed by atoms with Crippen molar-refractivity contribution in [3.8, 4) is 0 Å². The lowest BCUT2D eigenvalue weighted by molar-refractivity contribution is 1.10. The standard InChI is InChI=1S/C10H13N/c1-6-4-9-5-7(2)11-10(9)8(6)3/h4-5H2,1-3H3. The molecule has 1 nitrogen and oxygen atoms in total. The monoisotopic (exact) mass is 147 g/mol. The zero-order valence-electron chi connectivity index (χ0n) is 7.36. The first kappa shape index (κ1) is 6.84. The maximum absolute atomic E-state index is 4.52. The van der Waals surface area contributed by atoms with Crippen molar-refractivity contribution < 1.29 is 0 Å². The molecule has 1 aliphatic carbocycles. The highest BCUT2D eigenvalue weighted by Crippen LogP contribution is 2.38. The third-order valence-electron chi connectivity index (χ3n) is 2.58. The number of rotatable bonds is 0. The van der Waals surface area contributed by atoms with E-state index in [1.54, 1.807) is 0 Å². The summed E-state index contributed by atoms with van der Waals surface area (Å²) in [5, 5.41) is 0. The second-order valence-corrected chi connectivity index (χ2v) is 3.56. The van der Waals surface area contributed by atoms with E-state index < -0.39 is 0 Å². The van der Waals surface area contributed by atoms with Crippen LogP contribution in [-0.4, -0.2) is 5.71 Å². The van der Waals surface area contributed by atoms with Gasteiger partial charge in [-0.05, 0) is 38.3 Å². The molecule has 2 rings (SSSR count). The Kier molecular flexibility index (Phi) is 1.28. The summed E-state index contributed by atoms with van der Waals surface area (Å²) in [4.78, 5) is 4.52. The molecular weight excluding hydrogens is 134 g/mol. The van der Waals surface area contributed by atoms with Gasteiger partial charge in [-0.15, -0.1) is 0 Å². The van der Waals surface area contributed by atoms with Crippen molar-refractivity contribution in [3.05, 3.63) is 22.4 Å². The van der Waals surface area contributed by atoms with E-state index >= 15 is 0 Å². The Labute approximate surface area is 67.5 Å². The van der Waals surface area contributed by atoms with Crippen molar-refractivity contribution in [2.75, 3.05) is 0 Å². The highest BCUT2D eigenvalue weighted by Gasteiger charge is 2.23. The van der Waals surface area contributed by atoms with Gasteiger partial charge in [0.1, 0.15) is 0 Å². The van der Waals surface area contributed by atoms with Gasteiger partial charge in [0.15, 0.2) is 0 Å². The maximum Gasteiger partial charge on any atom is 0.0656 e. The van der Waals surface area contributed by atoms with E-state index in [0.29, 0.717) is 0 Å². The highest BCUT2D eigenvalue weighted by atomic mass is 14.8. The van der Waals surface area contributed by atoms with Crippen molar-refractivity contribution in [2.45, 2.75) is 33.6 Å². The van der Waals surface area contributed by atoms with Crippen LogP contribution in [0, 0.1) is 0 Å². The average Bonchev–Trinajstić information content (AvgIpc) is 2.37. The van der Waals surface area contributed by atoms with E-state index in [9.17, 15) is 0 Å². The summed E-state index contributed by atoms with van der Waals surface area (Å²) in [7, 11) is 0. The number of hydrogen-bond donors (Lipinski definition) is 0. The van der Waals surface area contributed by atoms with Gasteiger partial charge in [-0.25, -0.2) is 0 Å². The summed E-state index contributed by atoms with van der Waals surface area (Å²) >= 11 is 0. The SMILES string of the molecule is CC1=NC2=C(C1)CC(C)=C2C. The predicted octanol–water partition coefficient (Wildman–Crippen LogP) is 2.85. The molecule has 0 aromatic rings. The molecule has 0 radical (unpaired) electrons. The van der Waals surface area contributed by atoms with Gasteiger partial charge in [0.2, 0.25) is 0 Å². The van der Waals surface area contributed by atoms with Crippen molar-refractivity contribution in [2.24, 2.45) is 4.99 Å². The Morgan fingerprint density at radius 2 is 1.82 bits per heavy atom. The van der Waals surface area contributed by atoms with Crippen molar-refractivity contribution in [1.29, 1.82) is 0 Å². The second kappa shape index (κ2) is 2.07. The zero-order valence-corrected chi connectivity index (χ0v) is 7.36. The molecule has 0 saturated carbocycles. The molecule has 1 aliphatic heterocycles. The van der Waals surface area contributed by atoms with E-state index in [1.807, 2.05) is 0 Å². The van der Waals surface area contributed by atoms with Crippen LogP contribution in [-0.2, 0) is 0 Å². The van der Waals surface area contributed by atoms with Gasteiger partial charge in [-0.1, -0.05) is 5.57 Å². The molecule has 0 saturated heterocycles. The van der Waals surface area contributed by atoms with E-state index in [1.165, 1.54) is 34.5 Å². The lowest BCUT2D eigenvalue weighted by Crippen LogP contribution is -1.87. The Bertz CT molecular complexity index is 303. The fourth-order valence-corrected chi connectivity index (χ4v) is 1.85. The third kappa shape index (κ3) is 0.873. The molecule has 0 N–H and O–H groups in total. The van der Waals surface area contributed by atoms with E-state index in [-0.39, 0.29) is 0 Å². The first-order valence-corrected chi connectivity index (χ1v) is 4.11. The second-order valence-electron chi connectivity index (χ2n) is 3.56. The van der Waals surface area contributed by atoms with Gasteiger partial charge in [0.05, 0.1) is 5.70 Å². The van der Waals surface area contributed by atoms with Gasteiger partial charge in [0, 0.05) is 12.1 Å². The molecule has 0 aromatic carbocycles. The molecule has 0 amide bonds. The molecule has 11 heavy (non-hydrogen) atoms. The average molecular weight is 147 g/mol. The number of allylic oxidation sites excluding steroid dienone is 3.